The number of rotatable bonds is 0. The van der Waals surface area contributed by atoms with Gasteiger partial charge in [-0.15, -0.1) is 0 Å². The van der Waals surface area contributed by atoms with Crippen molar-refractivity contribution in [2.75, 3.05) is 0 Å². The van der Waals surface area contributed by atoms with Crippen molar-refractivity contribution in [2.45, 2.75) is 6.92 Å². The number of aryl methyl sites for hydroxylation is 1. The highest BCUT2D eigenvalue weighted by Crippen LogP contribution is 2.22. The summed E-state index contributed by atoms with van der Waals surface area (Å²) in [5.74, 6) is 0. The Hall–Kier alpha value is -1.09. The molecule has 0 saturated heterocycles. The van der Waals surface area contributed by atoms with E-state index in [1.54, 1.807) is 12.4 Å². The van der Waals surface area contributed by atoms with Crippen molar-refractivity contribution in [1.82, 2.24) is 15.2 Å². The van der Waals surface area contributed by atoms with Crippen LogP contribution >= 0.6 is 11.6 Å². The maximum absolute atomic E-state index is 5.88. The quantitative estimate of drug-likeness (QED) is 0.652. The Morgan fingerprint density at radius 2 is 2.27 bits per heavy atom. The molecule has 0 fully saturated rings. The Balaban J connectivity index is 2.96. The summed E-state index contributed by atoms with van der Waals surface area (Å²) in [6.45, 7) is 1.93. The van der Waals surface area contributed by atoms with Crippen LogP contribution < -0.4 is 0 Å². The standard InChI is InChI=1S/C7H6ClN3/c1-4-7-5(8)2-9-3-6(7)11-10-4/h2-3H,1H3,(H,10,11). The lowest BCUT2D eigenvalue weighted by molar-refractivity contribution is 1.07. The zero-order valence-corrected chi connectivity index (χ0v) is 6.68. The number of pyridine rings is 1. The molecule has 0 bridgehead atoms. The first-order valence-corrected chi connectivity index (χ1v) is 3.61. The van der Waals surface area contributed by atoms with Crippen LogP contribution in [0.3, 0.4) is 0 Å². The van der Waals surface area contributed by atoms with E-state index in [-0.39, 0.29) is 0 Å². The summed E-state index contributed by atoms with van der Waals surface area (Å²) in [6.07, 6.45) is 3.30. The molecule has 0 atom stereocenters. The molecule has 3 nitrogen and oxygen atoms in total. The summed E-state index contributed by atoms with van der Waals surface area (Å²) in [6, 6.07) is 0. The number of aromatic nitrogens is 3. The van der Waals surface area contributed by atoms with Gasteiger partial charge >= 0.3 is 0 Å². The Kier molecular flexibility index (Phi) is 1.32. The van der Waals surface area contributed by atoms with E-state index in [1.807, 2.05) is 6.92 Å². The molecule has 2 aromatic heterocycles. The zero-order chi connectivity index (χ0) is 7.84. The number of fused-ring (bicyclic) bond motifs is 1. The molecule has 56 valence electrons. The molecule has 0 unspecified atom stereocenters. The van der Waals surface area contributed by atoms with Gasteiger partial charge in [0.1, 0.15) is 5.52 Å². The SMILES string of the molecule is Cc1[nH]nc2cncc(Cl)c12. The molecule has 0 aromatic carbocycles. The number of halogens is 1. The number of hydrogen-bond donors (Lipinski definition) is 1. The van der Waals surface area contributed by atoms with Crippen molar-refractivity contribution >= 4 is 22.5 Å². The van der Waals surface area contributed by atoms with Crippen molar-refractivity contribution in [3.63, 3.8) is 0 Å². The van der Waals surface area contributed by atoms with Gasteiger partial charge in [-0.25, -0.2) is 0 Å². The van der Waals surface area contributed by atoms with E-state index in [2.05, 4.69) is 15.2 Å². The molecule has 0 aliphatic rings. The largest absolute Gasteiger partial charge is 0.282 e. The zero-order valence-electron chi connectivity index (χ0n) is 5.93. The van der Waals surface area contributed by atoms with Crippen LogP contribution in [-0.4, -0.2) is 15.2 Å². The van der Waals surface area contributed by atoms with Crippen LogP contribution in [0.25, 0.3) is 10.9 Å². The lowest BCUT2D eigenvalue weighted by Gasteiger charge is -1.90. The predicted octanol–water partition coefficient (Wildman–Crippen LogP) is 1.92. The highest BCUT2D eigenvalue weighted by atomic mass is 35.5. The van der Waals surface area contributed by atoms with E-state index in [0.29, 0.717) is 5.02 Å². The third-order valence-corrected chi connectivity index (χ3v) is 1.89. The molecule has 2 heterocycles. The lowest BCUT2D eigenvalue weighted by atomic mass is 10.3. The van der Waals surface area contributed by atoms with Gasteiger partial charge in [-0.05, 0) is 6.92 Å². The molecule has 4 heteroatoms. The third kappa shape index (κ3) is 0.886. The van der Waals surface area contributed by atoms with Crippen LogP contribution in [0.1, 0.15) is 5.69 Å². The molecule has 1 N–H and O–H groups in total. The fraction of sp³-hybridized carbons (Fsp3) is 0.143. The topological polar surface area (TPSA) is 41.6 Å². The summed E-state index contributed by atoms with van der Waals surface area (Å²) in [5, 5.41) is 8.46. The number of nitrogens with one attached hydrogen (secondary N) is 1. The average molecular weight is 168 g/mol. The van der Waals surface area contributed by atoms with Crippen molar-refractivity contribution in [3.05, 3.63) is 23.1 Å². The third-order valence-electron chi connectivity index (χ3n) is 1.60. The van der Waals surface area contributed by atoms with E-state index in [0.717, 1.165) is 16.6 Å². The van der Waals surface area contributed by atoms with Crippen molar-refractivity contribution in [2.24, 2.45) is 0 Å². The highest BCUT2D eigenvalue weighted by molar-refractivity contribution is 6.35. The van der Waals surface area contributed by atoms with Crippen LogP contribution in [-0.2, 0) is 0 Å². The maximum atomic E-state index is 5.88. The maximum Gasteiger partial charge on any atom is 0.112 e. The second-order valence-corrected chi connectivity index (χ2v) is 2.77. The van der Waals surface area contributed by atoms with Crippen LogP contribution in [0.15, 0.2) is 12.4 Å². The average Bonchev–Trinajstić information content (AvgIpc) is 2.34. The first-order valence-electron chi connectivity index (χ1n) is 3.23. The first-order chi connectivity index (χ1) is 5.29. The smallest absolute Gasteiger partial charge is 0.112 e. The van der Waals surface area contributed by atoms with Gasteiger partial charge in [0.2, 0.25) is 0 Å². The molecular formula is C7H6ClN3. The molecule has 0 spiro atoms. The van der Waals surface area contributed by atoms with E-state index >= 15 is 0 Å². The highest BCUT2D eigenvalue weighted by Gasteiger charge is 2.04. The van der Waals surface area contributed by atoms with E-state index in [4.69, 9.17) is 11.6 Å². The van der Waals surface area contributed by atoms with Gasteiger partial charge in [0.05, 0.1) is 11.2 Å². The Bertz CT molecular complexity index is 393. The minimum atomic E-state index is 0.647. The summed E-state index contributed by atoms with van der Waals surface area (Å²) < 4.78 is 0. The van der Waals surface area contributed by atoms with Gasteiger partial charge in [0.15, 0.2) is 0 Å². The number of H-pyrrole nitrogens is 1. The van der Waals surface area contributed by atoms with E-state index in [9.17, 15) is 0 Å². The summed E-state index contributed by atoms with van der Waals surface area (Å²) >= 11 is 5.88. The van der Waals surface area contributed by atoms with Gasteiger partial charge in [-0.3, -0.25) is 10.1 Å². The van der Waals surface area contributed by atoms with Gasteiger partial charge in [-0.1, -0.05) is 11.6 Å². The fourth-order valence-electron chi connectivity index (χ4n) is 1.08. The Morgan fingerprint density at radius 3 is 3.00 bits per heavy atom. The fourth-order valence-corrected chi connectivity index (χ4v) is 1.38. The van der Waals surface area contributed by atoms with Gasteiger partial charge < -0.3 is 0 Å². The first kappa shape index (κ1) is 6.61. The summed E-state index contributed by atoms with van der Waals surface area (Å²) in [4.78, 5) is 3.91. The normalized spacial score (nSPS) is 10.7. The Morgan fingerprint density at radius 1 is 1.45 bits per heavy atom. The molecule has 0 radical (unpaired) electrons. The summed E-state index contributed by atoms with van der Waals surface area (Å²) in [7, 11) is 0. The molecule has 0 amide bonds. The number of aromatic amines is 1. The molecule has 0 saturated carbocycles. The molecule has 11 heavy (non-hydrogen) atoms. The van der Waals surface area contributed by atoms with Crippen molar-refractivity contribution < 1.29 is 0 Å². The monoisotopic (exact) mass is 167 g/mol. The molecule has 0 aliphatic heterocycles. The van der Waals surface area contributed by atoms with Crippen LogP contribution in [0, 0.1) is 6.92 Å². The molecular weight excluding hydrogens is 162 g/mol. The molecule has 2 rings (SSSR count). The van der Waals surface area contributed by atoms with Crippen molar-refractivity contribution in [3.8, 4) is 0 Å². The second-order valence-electron chi connectivity index (χ2n) is 2.36. The minimum Gasteiger partial charge on any atom is -0.282 e. The van der Waals surface area contributed by atoms with Crippen LogP contribution in [0.2, 0.25) is 5.02 Å². The van der Waals surface area contributed by atoms with Crippen LogP contribution in [0.4, 0.5) is 0 Å². The van der Waals surface area contributed by atoms with Crippen LogP contribution in [0.5, 0.6) is 0 Å². The minimum absolute atomic E-state index is 0.647. The van der Waals surface area contributed by atoms with E-state index < -0.39 is 0 Å². The predicted molar refractivity (Wildman–Crippen MR) is 43.6 cm³/mol. The van der Waals surface area contributed by atoms with Gasteiger partial charge in [-0.2, -0.15) is 5.10 Å². The number of hydrogen-bond acceptors (Lipinski definition) is 2. The Labute approximate surface area is 68.4 Å². The second kappa shape index (κ2) is 2.20. The number of nitrogens with zero attached hydrogens (tertiary/aromatic N) is 2. The van der Waals surface area contributed by atoms with Crippen molar-refractivity contribution in [1.29, 1.82) is 0 Å². The van der Waals surface area contributed by atoms with Gasteiger partial charge in [0.25, 0.3) is 0 Å². The van der Waals surface area contributed by atoms with E-state index in [1.165, 1.54) is 0 Å². The molecule has 2 aromatic rings. The molecule has 0 aliphatic carbocycles. The van der Waals surface area contributed by atoms with Gasteiger partial charge in [0, 0.05) is 17.3 Å². The summed E-state index contributed by atoms with van der Waals surface area (Å²) in [5.41, 5.74) is 1.79. The lowest BCUT2D eigenvalue weighted by Crippen LogP contribution is -1.74.